The van der Waals surface area contributed by atoms with Crippen LogP contribution in [0.2, 0.25) is 10.0 Å². The maximum absolute atomic E-state index is 12.4. The highest BCUT2D eigenvalue weighted by Crippen LogP contribution is 2.16. The number of amides is 2. The molecule has 0 spiro atoms. The number of nitrogens with one attached hydrogen (secondary N) is 2. The van der Waals surface area contributed by atoms with Gasteiger partial charge in [0.15, 0.2) is 0 Å². The highest BCUT2D eigenvalue weighted by atomic mass is 35.5. The van der Waals surface area contributed by atoms with Gasteiger partial charge in [-0.05, 0) is 60.7 Å². The number of rotatable bonds is 4. The van der Waals surface area contributed by atoms with Crippen LogP contribution in [0, 0.1) is 0 Å². The summed E-state index contributed by atoms with van der Waals surface area (Å²) in [5.41, 5.74) is 1.63. The van der Waals surface area contributed by atoms with E-state index in [-0.39, 0.29) is 11.6 Å². The molecule has 26 heavy (non-hydrogen) atoms. The molecule has 0 saturated heterocycles. The third kappa shape index (κ3) is 4.59. The molecule has 7 heteroatoms. The summed E-state index contributed by atoms with van der Waals surface area (Å²) in [5, 5.41) is 6.59. The fourth-order valence-electron chi connectivity index (χ4n) is 2.16. The largest absolute Gasteiger partial charge is 0.322 e. The molecule has 130 valence electrons. The predicted octanol–water partition coefficient (Wildman–Crippen LogP) is 4.89. The summed E-state index contributed by atoms with van der Waals surface area (Å²) >= 11 is 11.6. The number of hydrogen-bond acceptors (Lipinski definition) is 3. The van der Waals surface area contributed by atoms with Gasteiger partial charge in [0.2, 0.25) is 0 Å². The van der Waals surface area contributed by atoms with E-state index in [0.29, 0.717) is 27.0 Å². The number of pyridine rings is 1. The molecule has 0 aliphatic rings. The zero-order valence-electron chi connectivity index (χ0n) is 13.4. The molecule has 2 N–H and O–H groups in total. The van der Waals surface area contributed by atoms with E-state index < -0.39 is 5.91 Å². The third-order valence-corrected chi connectivity index (χ3v) is 3.96. The summed E-state index contributed by atoms with van der Waals surface area (Å²) in [5.74, 6) is -0.774. The van der Waals surface area contributed by atoms with Crippen molar-refractivity contribution in [3.05, 3.63) is 88.2 Å². The third-order valence-electron chi connectivity index (χ3n) is 3.46. The van der Waals surface area contributed by atoms with Gasteiger partial charge in [0.25, 0.3) is 11.8 Å². The second kappa shape index (κ2) is 7.99. The molecule has 0 aliphatic carbocycles. The van der Waals surface area contributed by atoms with Crippen molar-refractivity contribution in [1.82, 2.24) is 4.98 Å². The lowest BCUT2D eigenvalue weighted by molar-refractivity contribution is 0.102. The van der Waals surface area contributed by atoms with E-state index in [0.717, 1.165) is 0 Å². The van der Waals surface area contributed by atoms with Gasteiger partial charge in [-0.3, -0.25) is 14.6 Å². The number of carbonyl (C=O) groups excluding carboxylic acids is 2. The normalized spacial score (nSPS) is 10.2. The number of anilines is 2. The van der Waals surface area contributed by atoms with Crippen molar-refractivity contribution in [3.63, 3.8) is 0 Å². The zero-order chi connectivity index (χ0) is 18.5. The van der Waals surface area contributed by atoms with Crippen LogP contribution in [0.4, 0.5) is 11.4 Å². The number of benzene rings is 2. The molecule has 1 aromatic heterocycles. The van der Waals surface area contributed by atoms with Crippen LogP contribution in [0.15, 0.2) is 66.9 Å². The van der Waals surface area contributed by atoms with Crippen molar-refractivity contribution in [2.24, 2.45) is 0 Å². The Morgan fingerprint density at radius 2 is 1.23 bits per heavy atom. The lowest BCUT2D eigenvalue weighted by Crippen LogP contribution is -2.17. The van der Waals surface area contributed by atoms with Gasteiger partial charge < -0.3 is 10.6 Å². The minimum Gasteiger partial charge on any atom is -0.322 e. The Hall–Kier alpha value is -2.89. The van der Waals surface area contributed by atoms with Crippen molar-refractivity contribution < 1.29 is 9.59 Å². The molecule has 3 aromatic rings. The van der Waals surface area contributed by atoms with Crippen LogP contribution in [-0.2, 0) is 0 Å². The van der Waals surface area contributed by atoms with Crippen LogP contribution in [0.5, 0.6) is 0 Å². The van der Waals surface area contributed by atoms with Gasteiger partial charge in [-0.15, -0.1) is 0 Å². The molecule has 1 heterocycles. The molecular weight excluding hydrogens is 373 g/mol. The van der Waals surface area contributed by atoms with Crippen molar-refractivity contribution in [2.75, 3.05) is 10.6 Å². The lowest BCUT2D eigenvalue weighted by atomic mass is 10.2. The highest BCUT2D eigenvalue weighted by molar-refractivity contribution is 6.31. The van der Waals surface area contributed by atoms with Crippen LogP contribution < -0.4 is 10.6 Å². The molecule has 0 aliphatic heterocycles. The predicted molar refractivity (Wildman–Crippen MR) is 103 cm³/mol. The Morgan fingerprint density at radius 3 is 1.77 bits per heavy atom. The van der Waals surface area contributed by atoms with Crippen LogP contribution in [0.1, 0.15) is 20.8 Å². The summed E-state index contributed by atoms with van der Waals surface area (Å²) in [6.45, 7) is 0. The quantitative estimate of drug-likeness (QED) is 0.671. The number of carbonyl (C=O) groups is 2. The van der Waals surface area contributed by atoms with Gasteiger partial charge in [0, 0.05) is 33.2 Å². The van der Waals surface area contributed by atoms with E-state index in [9.17, 15) is 9.59 Å². The monoisotopic (exact) mass is 385 g/mol. The number of hydrogen-bond donors (Lipinski definition) is 2. The Morgan fingerprint density at radius 1 is 0.731 bits per heavy atom. The Labute approximate surface area is 160 Å². The molecule has 0 saturated carbocycles. The molecule has 3 rings (SSSR count). The fourth-order valence-corrected chi connectivity index (χ4v) is 2.41. The van der Waals surface area contributed by atoms with Gasteiger partial charge in [0.1, 0.15) is 5.69 Å². The molecule has 0 unspecified atom stereocenters. The fraction of sp³-hybridized carbons (Fsp3) is 0. The summed E-state index contributed by atoms with van der Waals surface area (Å²) in [6.07, 6.45) is 1.41. The Kier molecular flexibility index (Phi) is 5.51. The average molecular weight is 386 g/mol. The van der Waals surface area contributed by atoms with E-state index in [4.69, 9.17) is 23.2 Å². The minimum atomic E-state index is -0.423. The number of halogens is 2. The lowest BCUT2D eigenvalue weighted by Gasteiger charge is -2.08. The summed E-state index contributed by atoms with van der Waals surface area (Å²) in [6, 6.07) is 16.4. The first kappa shape index (κ1) is 17.9. The second-order valence-electron chi connectivity index (χ2n) is 5.35. The molecule has 0 fully saturated rings. The molecule has 5 nitrogen and oxygen atoms in total. The van der Waals surface area contributed by atoms with Crippen molar-refractivity contribution in [3.8, 4) is 0 Å². The van der Waals surface area contributed by atoms with E-state index in [1.807, 2.05) is 0 Å². The molecule has 0 radical (unpaired) electrons. The van der Waals surface area contributed by atoms with Gasteiger partial charge in [-0.25, -0.2) is 0 Å². The Balaban J connectivity index is 1.72. The van der Waals surface area contributed by atoms with E-state index in [1.54, 1.807) is 48.5 Å². The van der Waals surface area contributed by atoms with Crippen molar-refractivity contribution >= 4 is 46.4 Å². The first-order valence-electron chi connectivity index (χ1n) is 7.61. The maximum atomic E-state index is 12.4. The molecule has 0 bridgehead atoms. The van der Waals surface area contributed by atoms with Gasteiger partial charge >= 0.3 is 0 Å². The van der Waals surface area contributed by atoms with Gasteiger partial charge in [-0.1, -0.05) is 23.2 Å². The first-order chi connectivity index (χ1) is 12.5. The topological polar surface area (TPSA) is 71.1 Å². The summed E-state index contributed by atoms with van der Waals surface area (Å²) < 4.78 is 0. The average Bonchev–Trinajstić information content (AvgIpc) is 2.65. The Bertz CT molecular complexity index is 867. The van der Waals surface area contributed by atoms with Crippen LogP contribution in [0.3, 0.4) is 0 Å². The second-order valence-corrected chi connectivity index (χ2v) is 6.22. The highest BCUT2D eigenvalue weighted by Gasteiger charge is 2.12. The number of aromatic nitrogens is 1. The smallest absolute Gasteiger partial charge is 0.274 e. The molecule has 2 aromatic carbocycles. The van der Waals surface area contributed by atoms with Gasteiger partial charge in [-0.2, -0.15) is 0 Å². The van der Waals surface area contributed by atoms with E-state index >= 15 is 0 Å². The van der Waals surface area contributed by atoms with Crippen LogP contribution in [-0.4, -0.2) is 16.8 Å². The van der Waals surface area contributed by atoms with E-state index in [2.05, 4.69) is 15.6 Å². The van der Waals surface area contributed by atoms with Crippen molar-refractivity contribution in [2.45, 2.75) is 0 Å². The molecule has 0 atom stereocenters. The molecular formula is C19H13Cl2N3O2. The standard InChI is InChI=1S/C19H13Cl2N3O2/c20-13-1-5-15(6-2-13)23-18(25)12-9-10-22-17(11-12)19(26)24-16-7-3-14(21)4-8-16/h1-11H,(H,23,25)(H,24,26). The van der Waals surface area contributed by atoms with Crippen LogP contribution in [0.25, 0.3) is 0 Å². The number of nitrogens with zero attached hydrogens (tertiary/aromatic N) is 1. The zero-order valence-corrected chi connectivity index (χ0v) is 14.9. The minimum absolute atomic E-state index is 0.128. The van der Waals surface area contributed by atoms with Crippen molar-refractivity contribution in [1.29, 1.82) is 0 Å². The maximum Gasteiger partial charge on any atom is 0.274 e. The van der Waals surface area contributed by atoms with E-state index in [1.165, 1.54) is 18.3 Å². The summed E-state index contributed by atoms with van der Waals surface area (Å²) in [7, 11) is 0. The SMILES string of the molecule is O=C(Nc1ccc(Cl)cc1)c1ccnc(C(=O)Nc2ccc(Cl)cc2)c1. The first-order valence-corrected chi connectivity index (χ1v) is 8.37. The van der Waals surface area contributed by atoms with Gasteiger partial charge in [0.05, 0.1) is 0 Å². The summed E-state index contributed by atoms with van der Waals surface area (Å²) in [4.78, 5) is 28.7. The van der Waals surface area contributed by atoms with Crippen LogP contribution >= 0.6 is 23.2 Å². The molecule has 2 amide bonds.